The third kappa shape index (κ3) is 4.72. The molecule has 3 heteroatoms. The van der Waals surface area contributed by atoms with Crippen LogP contribution in [-0.4, -0.2) is 17.6 Å². The Kier molecular flexibility index (Phi) is 4.63. The van der Waals surface area contributed by atoms with Gasteiger partial charge in [-0.15, -0.1) is 11.6 Å². The number of halogens is 1. The molecular weight excluding hydrogens is 356 g/mol. The van der Waals surface area contributed by atoms with Gasteiger partial charge in [-0.1, -0.05) is 61.4 Å². The second kappa shape index (κ2) is 9.29. The lowest BCUT2D eigenvalue weighted by atomic mass is 9.88. The van der Waals surface area contributed by atoms with Crippen LogP contribution in [0.15, 0.2) is 78.9 Å². The molecule has 0 aliphatic heterocycles. The number of hydrogen-bond donors (Lipinski definition) is 1. The van der Waals surface area contributed by atoms with E-state index in [0.29, 0.717) is 40.5 Å². The van der Waals surface area contributed by atoms with Gasteiger partial charge in [0, 0.05) is 6.85 Å². The summed E-state index contributed by atoms with van der Waals surface area (Å²) in [6, 6.07) is 21.9. The van der Waals surface area contributed by atoms with E-state index in [1.54, 1.807) is 66.7 Å². The maximum absolute atomic E-state index is 9.77. The molecule has 0 saturated carbocycles. The van der Waals surface area contributed by atoms with Gasteiger partial charge in [0.25, 0.3) is 0 Å². The van der Waals surface area contributed by atoms with E-state index in [-0.39, 0.29) is 11.3 Å². The van der Waals surface area contributed by atoms with Crippen LogP contribution in [0.2, 0.25) is 0 Å². The van der Waals surface area contributed by atoms with Gasteiger partial charge in [0.05, 0.1) is 5.88 Å². The molecule has 3 aromatic rings. The van der Waals surface area contributed by atoms with E-state index in [2.05, 4.69) is 0 Å². The van der Waals surface area contributed by atoms with Crippen molar-refractivity contribution in [1.29, 1.82) is 0 Å². The molecule has 0 bridgehead atoms. The van der Waals surface area contributed by atoms with Gasteiger partial charge in [-0.2, -0.15) is 0 Å². The van der Waals surface area contributed by atoms with Crippen molar-refractivity contribution in [3.8, 4) is 11.5 Å². The first-order valence-electron chi connectivity index (χ1n) is 11.0. The van der Waals surface area contributed by atoms with Crippen LogP contribution in [0.3, 0.4) is 0 Å². The molecule has 3 aromatic carbocycles. The van der Waals surface area contributed by atoms with Crippen LogP contribution in [-0.2, 0) is 0 Å². The van der Waals surface area contributed by atoms with Gasteiger partial charge in [0.2, 0.25) is 0 Å². The fourth-order valence-corrected chi connectivity index (χ4v) is 2.92. The van der Waals surface area contributed by atoms with Gasteiger partial charge in [-0.3, -0.25) is 0 Å². The first-order chi connectivity index (χ1) is 15.1. The zero-order valence-corrected chi connectivity index (χ0v) is 15.4. The van der Waals surface area contributed by atoms with Gasteiger partial charge < -0.3 is 9.84 Å². The second-order valence-electron chi connectivity index (χ2n) is 5.85. The molecule has 0 heterocycles. The fourth-order valence-electron chi connectivity index (χ4n) is 2.84. The third-order valence-corrected chi connectivity index (χ3v) is 4.24. The average molecular weight is 384 g/mol. The highest BCUT2D eigenvalue weighted by molar-refractivity contribution is 6.18. The summed E-state index contributed by atoms with van der Waals surface area (Å²) in [6.07, 6.45) is -2.66. The minimum Gasteiger partial charge on any atom is -0.508 e. The van der Waals surface area contributed by atoms with Crippen molar-refractivity contribution in [2.45, 2.75) is 13.2 Å². The molecule has 0 radical (unpaired) electrons. The molecule has 2 nitrogen and oxygen atoms in total. The highest BCUT2D eigenvalue weighted by Gasteiger charge is 2.13. The van der Waals surface area contributed by atoms with E-state index in [4.69, 9.17) is 23.2 Å². The Morgan fingerprint density at radius 1 is 0.926 bits per heavy atom. The van der Waals surface area contributed by atoms with Crippen LogP contribution in [0.4, 0.5) is 0 Å². The molecule has 0 unspecified atom stereocenters. The lowest BCUT2D eigenvalue weighted by molar-refractivity contribution is 0.343. The summed E-state index contributed by atoms with van der Waals surface area (Å²) in [7, 11) is 0. The third-order valence-electron chi connectivity index (χ3n) is 4.08. The van der Waals surface area contributed by atoms with E-state index >= 15 is 0 Å². The van der Waals surface area contributed by atoms with Crippen LogP contribution in [0.25, 0.3) is 11.1 Å². The number of allylic oxidation sites excluding steroid dienone is 1. The van der Waals surface area contributed by atoms with Crippen molar-refractivity contribution < 1.29 is 16.7 Å². The number of ether oxygens (including phenoxy) is 1. The van der Waals surface area contributed by atoms with E-state index in [1.165, 1.54) is 12.1 Å². The minimum atomic E-state index is -2.91. The van der Waals surface area contributed by atoms with Crippen molar-refractivity contribution >= 4 is 22.7 Å². The summed E-state index contributed by atoms with van der Waals surface area (Å²) >= 11 is 5.68. The van der Waals surface area contributed by atoms with E-state index in [0.717, 1.165) is 0 Å². The lowest BCUT2D eigenvalue weighted by Crippen LogP contribution is -1.99. The lowest BCUT2D eigenvalue weighted by Gasteiger charge is -2.17. The highest BCUT2D eigenvalue weighted by atomic mass is 35.5. The molecule has 138 valence electrons. The highest BCUT2D eigenvalue weighted by Crippen LogP contribution is 2.35. The van der Waals surface area contributed by atoms with Crippen LogP contribution < -0.4 is 4.74 Å². The van der Waals surface area contributed by atoms with Crippen LogP contribution in [0.1, 0.15) is 36.8 Å². The molecular formula is C24H23ClO2. The first kappa shape index (κ1) is 13.5. The Morgan fingerprint density at radius 2 is 1.56 bits per heavy atom. The standard InChI is InChI=1S/C24H23ClO2/c1-2-23(18-6-4-3-5-7-18)24(19-8-12-21(26)13-9-19)20-10-14-22(15-11-20)27-17-16-25/h3-15,26H,2,16-17H2,1H3/b24-23-/i1D3,2D2. The molecule has 0 saturated heterocycles. The van der Waals surface area contributed by atoms with Crippen molar-refractivity contribution in [1.82, 2.24) is 0 Å². The summed E-state index contributed by atoms with van der Waals surface area (Å²) in [4.78, 5) is 0. The molecule has 0 aliphatic carbocycles. The molecule has 27 heavy (non-hydrogen) atoms. The van der Waals surface area contributed by atoms with Gasteiger partial charge in [0.15, 0.2) is 0 Å². The van der Waals surface area contributed by atoms with Gasteiger partial charge in [-0.25, -0.2) is 0 Å². The number of aromatic hydroxyl groups is 1. The largest absolute Gasteiger partial charge is 0.508 e. The van der Waals surface area contributed by atoms with Crippen molar-refractivity contribution in [3.05, 3.63) is 95.6 Å². The zero-order valence-electron chi connectivity index (χ0n) is 19.7. The summed E-state index contributed by atoms with van der Waals surface area (Å²) in [5.41, 5.74) is 2.10. The molecule has 3 rings (SSSR count). The molecule has 0 aliphatic rings. The van der Waals surface area contributed by atoms with E-state index in [9.17, 15) is 5.11 Å². The molecule has 0 atom stereocenters. The zero-order chi connectivity index (χ0) is 23.4. The fraction of sp³-hybridized carbons (Fsp3) is 0.167. The molecule has 0 fully saturated rings. The topological polar surface area (TPSA) is 29.5 Å². The SMILES string of the molecule is [2H]C([2H])([2H])C([2H])([2H])/C(=C(\c1ccc(O)cc1)c1ccc(OCCCl)cc1)c1ccccc1. The molecule has 1 N–H and O–H groups in total. The van der Waals surface area contributed by atoms with Crippen molar-refractivity contribution in [3.63, 3.8) is 0 Å². The Morgan fingerprint density at radius 3 is 2.15 bits per heavy atom. The molecule has 0 amide bonds. The van der Waals surface area contributed by atoms with Crippen LogP contribution >= 0.6 is 11.6 Å². The monoisotopic (exact) mass is 383 g/mol. The Hall–Kier alpha value is -2.71. The summed E-state index contributed by atoms with van der Waals surface area (Å²) in [5.74, 6) is 0.995. The van der Waals surface area contributed by atoms with Crippen LogP contribution in [0.5, 0.6) is 11.5 Å². The van der Waals surface area contributed by atoms with Gasteiger partial charge in [-0.05, 0) is 58.5 Å². The minimum absolute atomic E-state index is 0.0400. The number of rotatable bonds is 7. The number of phenolic OH excluding ortho intramolecular Hbond substituents is 1. The average Bonchev–Trinajstić information content (AvgIpc) is 2.77. The van der Waals surface area contributed by atoms with Crippen molar-refractivity contribution in [2.24, 2.45) is 0 Å². The van der Waals surface area contributed by atoms with Crippen LogP contribution in [0, 0.1) is 0 Å². The Balaban J connectivity index is 2.34. The summed E-state index contributed by atoms with van der Waals surface area (Å²) < 4.78 is 46.6. The predicted molar refractivity (Wildman–Crippen MR) is 113 cm³/mol. The summed E-state index contributed by atoms with van der Waals surface area (Å²) in [5, 5.41) is 9.77. The quantitative estimate of drug-likeness (QED) is 0.379. The van der Waals surface area contributed by atoms with Gasteiger partial charge >= 0.3 is 0 Å². The molecule has 0 aromatic heterocycles. The van der Waals surface area contributed by atoms with E-state index < -0.39 is 13.2 Å². The maximum atomic E-state index is 9.77. The normalized spacial score (nSPS) is 15.5. The van der Waals surface area contributed by atoms with Crippen molar-refractivity contribution in [2.75, 3.05) is 12.5 Å². The number of hydrogen-bond acceptors (Lipinski definition) is 2. The Labute approximate surface area is 172 Å². The Bertz CT molecular complexity index is 1060. The number of benzene rings is 3. The first-order valence-corrected chi connectivity index (χ1v) is 9.07. The second-order valence-corrected chi connectivity index (χ2v) is 6.23. The van der Waals surface area contributed by atoms with E-state index in [1.807, 2.05) is 0 Å². The smallest absolute Gasteiger partial charge is 0.119 e. The van der Waals surface area contributed by atoms with Gasteiger partial charge in [0.1, 0.15) is 18.1 Å². The maximum Gasteiger partial charge on any atom is 0.119 e. The number of phenols is 1. The number of alkyl halides is 1. The summed E-state index contributed by atoms with van der Waals surface area (Å²) in [6.45, 7) is -2.57. The predicted octanol–water partition coefficient (Wildman–Crippen LogP) is 6.38. The molecule has 0 spiro atoms.